The second-order valence-corrected chi connectivity index (χ2v) is 23.6. The third-order valence-corrected chi connectivity index (χ3v) is 11.4. The molecule has 7 heteroatoms. The van der Waals surface area contributed by atoms with Crippen molar-refractivity contribution in [3.05, 3.63) is 88.0 Å². The van der Waals surface area contributed by atoms with E-state index in [4.69, 9.17) is 17.0 Å². The van der Waals surface area contributed by atoms with E-state index in [1.54, 1.807) is 23.9 Å². The molecule has 0 saturated carbocycles. The van der Waals surface area contributed by atoms with Gasteiger partial charge in [0.05, 0.1) is 0 Å². The van der Waals surface area contributed by atoms with Crippen LogP contribution < -0.4 is 4.74 Å². The predicted molar refractivity (Wildman–Crippen MR) is 255 cm³/mol. The number of carbonyl (C=O) groups excluding carboxylic acids is 1. The highest BCUT2D eigenvalue weighted by Gasteiger charge is 2.28. The van der Waals surface area contributed by atoms with Gasteiger partial charge in [0.1, 0.15) is 5.75 Å². The standard InChI is InChI=1S/2C17H27NOS.C15H24S/c1-16(2,3)13-10-9-12(20-15(19)18(7)8)11-14(13)17(4,5)6;1-16(2,3)13-10-9-12(19-15(20)18(7)8)11-14(13)17(4,5)6;1-14(2,3)12-9-8-11(16-7)10-13(12)15(4,5)6/h2*9-11H,1-8H3;8-10H,1-7H3. The average molecular weight is 823 g/mol. The molecule has 0 aliphatic carbocycles. The zero-order valence-corrected chi connectivity index (χ0v) is 42.1. The third kappa shape index (κ3) is 16.0. The largest absolute Gasteiger partial charge is 0.432 e. The van der Waals surface area contributed by atoms with Crippen LogP contribution in [-0.2, 0) is 32.5 Å². The van der Waals surface area contributed by atoms with E-state index in [2.05, 4.69) is 179 Å². The van der Waals surface area contributed by atoms with Crippen LogP contribution in [0.25, 0.3) is 0 Å². The van der Waals surface area contributed by atoms with Crippen molar-refractivity contribution in [1.82, 2.24) is 9.80 Å². The van der Waals surface area contributed by atoms with Gasteiger partial charge in [-0.3, -0.25) is 4.79 Å². The maximum atomic E-state index is 11.8. The Morgan fingerprint density at radius 2 is 0.804 bits per heavy atom. The van der Waals surface area contributed by atoms with E-state index in [9.17, 15) is 4.79 Å². The minimum atomic E-state index is 0.0633. The summed E-state index contributed by atoms with van der Waals surface area (Å²) in [5, 5.41) is 0.543. The molecule has 314 valence electrons. The Bertz CT molecular complexity index is 1670. The summed E-state index contributed by atoms with van der Waals surface area (Å²) in [7, 11) is 7.33. The molecule has 0 spiro atoms. The number of thiocarbonyl (C=S) groups is 1. The third-order valence-electron chi connectivity index (χ3n) is 9.20. The molecule has 1 amide bonds. The van der Waals surface area contributed by atoms with Crippen LogP contribution >= 0.6 is 35.7 Å². The fraction of sp³-hybridized carbons (Fsp3) is 0.592. The van der Waals surface area contributed by atoms with Gasteiger partial charge in [-0.05, 0) is 133 Å². The maximum absolute atomic E-state index is 11.8. The van der Waals surface area contributed by atoms with Crippen LogP contribution in [0.15, 0.2) is 64.4 Å². The van der Waals surface area contributed by atoms with Gasteiger partial charge in [-0.2, -0.15) is 0 Å². The van der Waals surface area contributed by atoms with Gasteiger partial charge in [0.25, 0.3) is 10.4 Å². The summed E-state index contributed by atoms with van der Waals surface area (Å²) in [5.74, 6) is 0.807. The summed E-state index contributed by atoms with van der Waals surface area (Å²) in [6.07, 6.45) is 2.14. The van der Waals surface area contributed by atoms with Crippen molar-refractivity contribution in [2.75, 3.05) is 34.4 Å². The molecule has 0 atom stereocenters. The molecule has 0 bridgehead atoms. The highest BCUT2D eigenvalue weighted by atomic mass is 32.2. The van der Waals surface area contributed by atoms with E-state index < -0.39 is 0 Å². The van der Waals surface area contributed by atoms with Crippen LogP contribution in [0.1, 0.15) is 158 Å². The van der Waals surface area contributed by atoms with Crippen molar-refractivity contribution < 1.29 is 9.53 Å². The number of carbonyl (C=O) groups is 1. The van der Waals surface area contributed by atoms with Crippen LogP contribution in [0.4, 0.5) is 4.79 Å². The molecule has 0 aromatic heterocycles. The number of nitrogens with zero attached hydrogens (tertiary/aromatic N) is 2. The maximum Gasteiger partial charge on any atom is 0.285 e. The first-order chi connectivity index (χ1) is 25.0. The van der Waals surface area contributed by atoms with Gasteiger partial charge in [0, 0.05) is 38.0 Å². The Balaban J connectivity index is 0.000000423. The first kappa shape index (κ1) is 51.5. The Hall–Kier alpha value is -2.48. The lowest BCUT2D eigenvalue weighted by Crippen LogP contribution is -2.26. The van der Waals surface area contributed by atoms with E-state index in [1.807, 2.05) is 31.9 Å². The molecule has 0 aliphatic rings. The van der Waals surface area contributed by atoms with Gasteiger partial charge >= 0.3 is 0 Å². The molecule has 56 heavy (non-hydrogen) atoms. The van der Waals surface area contributed by atoms with Gasteiger partial charge in [0.15, 0.2) is 0 Å². The van der Waals surface area contributed by atoms with Gasteiger partial charge in [-0.1, -0.05) is 143 Å². The van der Waals surface area contributed by atoms with Gasteiger partial charge in [-0.15, -0.1) is 11.8 Å². The van der Waals surface area contributed by atoms with E-state index in [-0.39, 0.29) is 37.7 Å². The quantitative estimate of drug-likeness (QED) is 0.193. The molecule has 0 heterocycles. The molecule has 3 rings (SSSR count). The number of ether oxygens (including phenoxy) is 1. The van der Waals surface area contributed by atoms with E-state index in [1.165, 1.54) is 50.0 Å². The molecule has 0 N–H and O–H groups in total. The molecule has 4 nitrogen and oxygen atoms in total. The van der Waals surface area contributed by atoms with Crippen molar-refractivity contribution in [3.63, 3.8) is 0 Å². The first-order valence-electron chi connectivity index (χ1n) is 19.8. The predicted octanol–water partition coefficient (Wildman–Crippen LogP) is 14.6. The SMILES string of the molecule is CN(C)C(=O)Sc1ccc(C(C)(C)C)c(C(C)(C)C)c1.CN(C)C(=S)Oc1ccc(C(C)(C)C)c(C(C)(C)C)c1.CSc1ccc(C(C)(C)C)c(C(C)(C)C)c1. The van der Waals surface area contributed by atoms with Crippen molar-refractivity contribution in [2.45, 2.75) is 167 Å². The number of amides is 1. The smallest absolute Gasteiger partial charge is 0.285 e. The van der Waals surface area contributed by atoms with Crippen molar-refractivity contribution >= 4 is 46.2 Å². The monoisotopic (exact) mass is 823 g/mol. The second kappa shape index (κ2) is 19.5. The molecule has 0 radical (unpaired) electrons. The van der Waals surface area contributed by atoms with Crippen LogP contribution in [0.5, 0.6) is 5.75 Å². The molecule has 0 unspecified atom stereocenters. The fourth-order valence-electron chi connectivity index (χ4n) is 6.03. The van der Waals surface area contributed by atoms with Crippen LogP contribution in [-0.4, -0.2) is 54.7 Å². The van der Waals surface area contributed by atoms with Crippen LogP contribution in [0, 0.1) is 0 Å². The van der Waals surface area contributed by atoms with E-state index in [0.29, 0.717) is 5.17 Å². The topological polar surface area (TPSA) is 32.8 Å². The molecule has 0 fully saturated rings. The van der Waals surface area contributed by atoms with E-state index in [0.717, 1.165) is 10.6 Å². The zero-order valence-electron chi connectivity index (χ0n) is 39.6. The minimum Gasteiger partial charge on any atom is -0.432 e. The Kier molecular flexibility index (Phi) is 18.0. The lowest BCUT2D eigenvalue weighted by Gasteiger charge is -2.30. The Morgan fingerprint density at radius 1 is 0.482 bits per heavy atom. The van der Waals surface area contributed by atoms with Crippen LogP contribution in [0.3, 0.4) is 0 Å². The summed E-state index contributed by atoms with van der Waals surface area (Å²) in [6.45, 7) is 40.5. The lowest BCUT2D eigenvalue weighted by atomic mass is 9.75. The molecule has 0 saturated heterocycles. The number of benzene rings is 3. The first-order valence-corrected chi connectivity index (χ1v) is 22.2. The lowest BCUT2D eigenvalue weighted by molar-refractivity contribution is 0.241. The highest BCUT2D eigenvalue weighted by molar-refractivity contribution is 8.13. The van der Waals surface area contributed by atoms with Crippen molar-refractivity contribution in [1.29, 1.82) is 0 Å². The summed E-state index contributed by atoms with van der Waals surface area (Å²) in [4.78, 5) is 17.6. The number of rotatable bonds is 3. The molecular weight excluding hydrogens is 745 g/mol. The summed E-state index contributed by atoms with van der Waals surface area (Å²) in [5.41, 5.74) is 9.09. The van der Waals surface area contributed by atoms with Gasteiger partial charge < -0.3 is 14.5 Å². The fourth-order valence-corrected chi connectivity index (χ4v) is 7.26. The molecular formula is C49H78N2O2S3. The van der Waals surface area contributed by atoms with Gasteiger partial charge in [0.2, 0.25) is 0 Å². The van der Waals surface area contributed by atoms with Crippen molar-refractivity contribution in [3.8, 4) is 5.75 Å². The van der Waals surface area contributed by atoms with Gasteiger partial charge in [-0.25, -0.2) is 0 Å². The average Bonchev–Trinajstić information content (AvgIpc) is 3.02. The summed E-state index contributed by atoms with van der Waals surface area (Å²) >= 11 is 8.31. The number of hydrogen-bond acceptors (Lipinski definition) is 5. The van der Waals surface area contributed by atoms with E-state index >= 15 is 0 Å². The second-order valence-electron chi connectivity index (χ2n) is 21.4. The van der Waals surface area contributed by atoms with Crippen molar-refractivity contribution in [2.24, 2.45) is 0 Å². The molecule has 3 aromatic rings. The minimum absolute atomic E-state index is 0.0633. The normalized spacial score (nSPS) is 12.5. The number of hydrogen-bond donors (Lipinski definition) is 0. The zero-order chi connectivity index (χ0) is 44.0. The highest BCUT2D eigenvalue weighted by Crippen LogP contribution is 2.39. The summed E-state index contributed by atoms with van der Waals surface area (Å²) in [6, 6.07) is 19.6. The van der Waals surface area contributed by atoms with Crippen LogP contribution in [0.2, 0.25) is 0 Å². The Labute approximate surface area is 358 Å². The molecule has 3 aromatic carbocycles. The molecule has 0 aliphatic heterocycles. The summed E-state index contributed by atoms with van der Waals surface area (Å²) < 4.78 is 5.74. The number of thioether (sulfide) groups is 2. The Morgan fingerprint density at radius 3 is 1.12 bits per heavy atom.